The molecule has 2 heterocycles. The molecule has 10 heteroatoms. The molecule has 0 unspecified atom stereocenters. The van der Waals surface area contributed by atoms with Crippen molar-refractivity contribution < 1.29 is 23.8 Å². The molecule has 0 saturated heterocycles. The number of pyridine rings is 1. The second-order valence-corrected chi connectivity index (χ2v) is 8.86. The molecule has 2 amide bonds. The normalized spacial score (nSPS) is 10.8. The van der Waals surface area contributed by atoms with Crippen LogP contribution in [0.3, 0.4) is 0 Å². The monoisotopic (exact) mass is 484 g/mol. The number of hydrogen-bond donors (Lipinski definition) is 2. The number of ether oxygens (including phenoxy) is 3. The molecule has 0 saturated carbocycles. The Hall–Kier alpha value is -3.66. The van der Waals surface area contributed by atoms with Crippen LogP contribution in [0.5, 0.6) is 11.6 Å². The van der Waals surface area contributed by atoms with Crippen molar-refractivity contribution in [1.29, 1.82) is 0 Å². The first-order valence-electron chi connectivity index (χ1n) is 10.7. The van der Waals surface area contributed by atoms with Crippen LogP contribution in [0.15, 0.2) is 36.7 Å². The number of methoxy groups -OCH3 is 2. The zero-order valence-electron chi connectivity index (χ0n) is 19.9. The van der Waals surface area contributed by atoms with Crippen LogP contribution >= 0.6 is 11.3 Å². The molecule has 0 fully saturated rings. The molecule has 180 valence electrons. The SMILES string of the molecule is C=C(CCNC(=O)c1cc(OC)ncc1NC(=O)c1c(OC(C)C)ccc2nc(C)sc12)OC. The highest BCUT2D eigenvalue weighted by Crippen LogP contribution is 2.34. The Balaban J connectivity index is 1.95. The minimum atomic E-state index is -0.432. The van der Waals surface area contributed by atoms with Crippen molar-refractivity contribution in [2.45, 2.75) is 33.3 Å². The number of carbonyl (C=O) groups is 2. The first kappa shape index (κ1) is 25.0. The fraction of sp³-hybridized carbons (Fsp3) is 0.333. The van der Waals surface area contributed by atoms with Gasteiger partial charge in [-0.2, -0.15) is 0 Å². The molecular formula is C24H28N4O5S. The Labute approximate surface area is 202 Å². The minimum Gasteiger partial charge on any atom is -0.502 e. The van der Waals surface area contributed by atoms with Gasteiger partial charge in [0.2, 0.25) is 5.88 Å². The maximum Gasteiger partial charge on any atom is 0.261 e. The van der Waals surface area contributed by atoms with Crippen LogP contribution in [0, 0.1) is 6.92 Å². The van der Waals surface area contributed by atoms with Crippen molar-refractivity contribution >= 4 is 39.1 Å². The Morgan fingerprint density at radius 3 is 2.65 bits per heavy atom. The standard InChI is InChI=1S/C24H28N4O5S/c1-13(2)33-19-8-7-17-22(34-15(4)27-17)21(19)24(30)28-18-12-26-20(32-6)11-16(18)23(29)25-10-9-14(3)31-5/h7-8,11-13H,3,9-10H2,1-2,4-6H3,(H,25,29)(H,28,30). The molecule has 34 heavy (non-hydrogen) atoms. The van der Waals surface area contributed by atoms with Crippen LogP contribution in [-0.2, 0) is 4.74 Å². The van der Waals surface area contributed by atoms with Crippen LogP contribution in [0.1, 0.15) is 46.0 Å². The summed E-state index contributed by atoms with van der Waals surface area (Å²) in [7, 11) is 2.97. The van der Waals surface area contributed by atoms with E-state index in [-0.39, 0.29) is 23.2 Å². The highest BCUT2D eigenvalue weighted by molar-refractivity contribution is 7.19. The van der Waals surface area contributed by atoms with E-state index >= 15 is 0 Å². The molecule has 2 N–H and O–H groups in total. The summed E-state index contributed by atoms with van der Waals surface area (Å²) in [5, 5.41) is 6.44. The van der Waals surface area contributed by atoms with Gasteiger partial charge in [-0.25, -0.2) is 9.97 Å². The van der Waals surface area contributed by atoms with Crippen molar-refractivity contribution in [1.82, 2.24) is 15.3 Å². The summed E-state index contributed by atoms with van der Waals surface area (Å²) in [5.74, 6) is 0.401. The molecule has 0 radical (unpaired) electrons. The third-order valence-corrected chi connectivity index (χ3v) is 5.78. The van der Waals surface area contributed by atoms with Crippen LogP contribution in [0.4, 0.5) is 5.69 Å². The number of thiazole rings is 1. The summed E-state index contributed by atoms with van der Waals surface area (Å²) in [5.41, 5.74) is 1.51. The average Bonchev–Trinajstić information content (AvgIpc) is 3.18. The van der Waals surface area contributed by atoms with E-state index in [2.05, 4.69) is 27.2 Å². The van der Waals surface area contributed by atoms with Crippen LogP contribution in [0.2, 0.25) is 0 Å². The van der Waals surface area contributed by atoms with Crippen LogP contribution in [0.25, 0.3) is 10.2 Å². The van der Waals surface area contributed by atoms with E-state index in [1.165, 1.54) is 37.8 Å². The lowest BCUT2D eigenvalue weighted by atomic mass is 10.1. The molecule has 0 aliphatic heterocycles. The number of amides is 2. The number of carbonyl (C=O) groups excluding carboxylic acids is 2. The number of aromatic nitrogens is 2. The largest absolute Gasteiger partial charge is 0.502 e. The molecule has 0 aliphatic carbocycles. The Kier molecular flexibility index (Phi) is 8.06. The predicted octanol–water partition coefficient (Wildman–Crippen LogP) is 4.33. The number of benzene rings is 1. The molecule has 0 bridgehead atoms. The van der Waals surface area contributed by atoms with E-state index in [9.17, 15) is 9.59 Å². The van der Waals surface area contributed by atoms with Crippen molar-refractivity contribution in [3.63, 3.8) is 0 Å². The number of aryl methyl sites for hydroxylation is 1. The van der Waals surface area contributed by atoms with E-state index < -0.39 is 11.8 Å². The highest BCUT2D eigenvalue weighted by atomic mass is 32.1. The maximum atomic E-state index is 13.5. The lowest BCUT2D eigenvalue weighted by molar-refractivity contribution is 0.0953. The number of fused-ring (bicyclic) bond motifs is 1. The zero-order valence-corrected chi connectivity index (χ0v) is 20.7. The molecule has 2 aromatic heterocycles. The van der Waals surface area contributed by atoms with Crippen LogP contribution in [-0.4, -0.2) is 48.7 Å². The van der Waals surface area contributed by atoms with Crippen molar-refractivity contribution in [2.75, 3.05) is 26.1 Å². The quantitative estimate of drug-likeness (QED) is 0.412. The van der Waals surface area contributed by atoms with Crippen LogP contribution < -0.4 is 20.1 Å². The summed E-state index contributed by atoms with van der Waals surface area (Å²) in [4.78, 5) is 35.0. The zero-order chi connectivity index (χ0) is 24.8. The van der Waals surface area contributed by atoms with Crippen molar-refractivity contribution in [3.8, 4) is 11.6 Å². The third-order valence-electron chi connectivity index (χ3n) is 4.77. The minimum absolute atomic E-state index is 0.135. The molecule has 3 rings (SSSR count). The summed E-state index contributed by atoms with van der Waals surface area (Å²) >= 11 is 1.40. The number of nitrogens with one attached hydrogen (secondary N) is 2. The first-order valence-corrected chi connectivity index (χ1v) is 11.5. The fourth-order valence-corrected chi connectivity index (χ4v) is 4.14. The Bertz CT molecular complexity index is 1220. The van der Waals surface area contributed by atoms with E-state index in [1.807, 2.05) is 26.8 Å². The molecule has 0 aliphatic rings. The van der Waals surface area contributed by atoms with E-state index in [1.54, 1.807) is 6.07 Å². The smallest absolute Gasteiger partial charge is 0.261 e. The molecule has 1 aromatic carbocycles. The van der Waals surface area contributed by atoms with Crippen molar-refractivity contribution in [2.24, 2.45) is 0 Å². The summed E-state index contributed by atoms with van der Waals surface area (Å²) < 4.78 is 16.8. The average molecular weight is 485 g/mol. The number of rotatable bonds is 10. The second-order valence-electron chi connectivity index (χ2n) is 7.66. The van der Waals surface area contributed by atoms with Gasteiger partial charge in [0.05, 0.1) is 58.8 Å². The number of anilines is 1. The van der Waals surface area contributed by atoms with E-state index in [0.717, 1.165) is 5.01 Å². The van der Waals surface area contributed by atoms with Gasteiger partial charge in [-0.05, 0) is 32.9 Å². The molecule has 9 nitrogen and oxygen atoms in total. The van der Waals surface area contributed by atoms with Gasteiger partial charge in [0.15, 0.2) is 0 Å². The van der Waals surface area contributed by atoms with Gasteiger partial charge in [0.1, 0.15) is 11.3 Å². The van der Waals surface area contributed by atoms with Gasteiger partial charge in [-0.15, -0.1) is 11.3 Å². The van der Waals surface area contributed by atoms with Gasteiger partial charge in [0.25, 0.3) is 11.8 Å². The van der Waals surface area contributed by atoms with Gasteiger partial charge >= 0.3 is 0 Å². The second kappa shape index (κ2) is 11.0. The third kappa shape index (κ3) is 5.82. The molecule has 0 atom stereocenters. The lowest BCUT2D eigenvalue weighted by Crippen LogP contribution is -2.27. The number of hydrogen-bond acceptors (Lipinski definition) is 8. The summed E-state index contributed by atoms with van der Waals surface area (Å²) in [6, 6.07) is 5.03. The first-order chi connectivity index (χ1) is 16.2. The lowest BCUT2D eigenvalue weighted by Gasteiger charge is -2.16. The Morgan fingerprint density at radius 2 is 1.97 bits per heavy atom. The Morgan fingerprint density at radius 1 is 1.21 bits per heavy atom. The topological polar surface area (TPSA) is 112 Å². The van der Waals surface area contributed by atoms with E-state index in [0.29, 0.717) is 40.3 Å². The van der Waals surface area contributed by atoms with Gasteiger partial charge in [-0.3, -0.25) is 9.59 Å². The highest BCUT2D eigenvalue weighted by Gasteiger charge is 2.23. The van der Waals surface area contributed by atoms with Crippen molar-refractivity contribution in [3.05, 3.63) is 52.9 Å². The molecule has 0 spiro atoms. The maximum absolute atomic E-state index is 13.5. The summed E-state index contributed by atoms with van der Waals surface area (Å²) in [6.07, 6.45) is 1.71. The molecule has 3 aromatic rings. The van der Waals surface area contributed by atoms with E-state index in [4.69, 9.17) is 14.2 Å². The predicted molar refractivity (Wildman–Crippen MR) is 132 cm³/mol. The fourth-order valence-electron chi connectivity index (χ4n) is 3.19. The van der Waals surface area contributed by atoms with Gasteiger partial charge in [0, 0.05) is 19.0 Å². The van der Waals surface area contributed by atoms with Gasteiger partial charge in [-0.1, -0.05) is 6.58 Å². The summed E-state index contributed by atoms with van der Waals surface area (Å²) in [6.45, 7) is 9.71. The molecular weight excluding hydrogens is 456 g/mol. The van der Waals surface area contributed by atoms with Gasteiger partial charge < -0.3 is 24.8 Å². The number of nitrogens with zero attached hydrogens (tertiary/aromatic N) is 2.